The van der Waals surface area contributed by atoms with E-state index in [0.717, 1.165) is 25.3 Å². The number of amides is 1. The van der Waals surface area contributed by atoms with Crippen molar-refractivity contribution in [2.45, 2.75) is 57.4 Å². The summed E-state index contributed by atoms with van der Waals surface area (Å²) < 4.78 is 0. The maximum absolute atomic E-state index is 13.5. The summed E-state index contributed by atoms with van der Waals surface area (Å²) in [5.41, 5.74) is 5.00. The zero-order valence-electron chi connectivity index (χ0n) is 21.4. The van der Waals surface area contributed by atoms with Gasteiger partial charge in [0.05, 0.1) is 0 Å². The van der Waals surface area contributed by atoms with Crippen LogP contribution in [-0.2, 0) is 11.3 Å². The molecule has 0 aromatic heterocycles. The number of carbonyl (C=O) groups is 1. The lowest BCUT2D eigenvalue weighted by molar-refractivity contribution is -0.132. The highest BCUT2D eigenvalue weighted by molar-refractivity contribution is 5.76. The molecular formula is C32H40N2O. The van der Waals surface area contributed by atoms with E-state index < -0.39 is 0 Å². The molecule has 0 bridgehead atoms. The van der Waals surface area contributed by atoms with E-state index in [-0.39, 0.29) is 5.92 Å². The van der Waals surface area contributed by atoms with Crippen molar-refractivity contribution >= 4 is 11.6 Å². The zero-order chi connectivity index (χ0) is 24.5. The van der Waals surface area contributed by atoms with E-state index in [1.165, 1.54) is 48.1 Å². The highest BCUT2D eigenvalue weighted by Gasteiger charge is 2.22. The highest BCUT2D eigenvalue weighted by atomic mass is 16.2. The second-order valence-corrected chi connectivity index (χ2v) is 10.2. The fraction of sp³-hybridized carbons (Fsp3) is 0.406. The molecule has 0 atom stereocenters. The molecule has 4 rings (SSSR count). The Morgan fingerprint density at radius 3 is 1.94 bits per heavy atom. The van der Waals surface area contributed by atoms with Crippen LogP contribution in [0.5, 0.6) is 0 Å². The van der Waals surface area contributed by atoms with Crippen molar-refractivity contribution in [3.63, 3.8) is 0 Å². The monoisotopic (exact) mass is 468 g/mol. The van der Waals surface area contributed by atoms with Crippen LogP contribution in [0, 0.1) is 5.92 Å². The van der Waals surface area contributed by atoms with Gasteiger partial charge in [-0.05, 0) is 47.6 Å². The lowest BCUT2D eigenvalue weighted by atomic mass is 9.88. The summed E-state index contributed by atoms with van der Waals surface area (Å²) in [7, 11) is 4.11. The summed E-state index contributed by atoms with van der Waals surface area (Å²) in [4.78, 5) is 17.7. The van der Waals surface area contributed by atoms with Gasteiger partial charge in [0.25, 0.3) is 0 Å². The smallest absolute Gasteiger partial charge is 0.222 e. The third-order valence-corrected chi connectivity index (χ3v) is 7.51. The first-order valence-corrected chi connectivity index (χ1v) is 13.2. The molecule has 3 heteroatoms. The second-order valence-electron chi connectivity index (χ2n) is 10.2. The van der Waals surface area contributed by atoms with Crippen molar-refractivity contribution in [3.05, 3.63) is 102 Å². The summed E-state index contributed by atoms with van der Waals surface area (Å²) >= 11 is 0. The molecule has 1 saturated carbocycles. The van der Waals surface area contributed by atoms with Crippen molar-refractivity contribution in [2.24, 2.45) is 5.92 Å². The number of anilines is 1. The van der Waals surface area contributed by atoms with E-state index in [1.54, 1.807) is 0 Å². The summed E-state index contributed by atoms with van der Waals surface area (Å²) in [6.07, 6.45) is 7.87. The molecule has 3 aromatic carbocycles. The molecule has 0 radical (unpaired) electrons. The van der Waals surface area contributed by atoms with Crippen molar-refractivity contribution in [2.75, 3.05) is 25.5 Å². The molecule has 184 valence electrons. The van der Waals surface area contributed by atoms with Crippen molar-refractivity contribution in [1.82, 2.24) is 4.90 Å². The van der Waals surface area contributed by atoms with E-state index in [2.05, 4.69) is 109 Å². The lowest BCUT2D eigenvalue weighted by Crippen LogP contribution is -2.32. The van der Waals surface area contributed by atoms with Gasteiger partial charge in [-0.1, -0.05) is 98.5 Å². The van der Waals surface area contributed by atoms with Crippen LogP contribution in [0.2, 0.25) is 0 Å². The number of hydrogen-bond acceptors (Lipinski definition) is 2. The Morgan fingerprint density at radius 1 is 0.829 bits per heavy atom. The second kappa shape index (κ2) is 12.6. The first kappa shape index (κ1) is 25.0. The number of benzene rings is 3. The Morgan fingerprint density at radius 2 is 1.40 bits per heavy atom. The Labute approximate surface area is 211 Å². The minimum absolute atomic E-state index is 0.277. The van der Waals surface area contributed by atoms with Crippen LogP contribution in [0.15, 0.2) is 84.9 Å². The number of carbonyl (C=O) groups excluding carboxylic acids is 1. The lowest BCUT2D eigenvalue weighted by Gasteiger charge is -2.27. The van der Waals surface area contributed by atoms with Gasteiger partial charge in [0, 0.05) is 45.2 Å². The SMILES string of the molecule is CN(C)c1ccc(CN(CCC(c2ccccc2)c2ccccc2)C(=O)CCC2CCCC2)cc1. The fourth-order valence-corrected chi connectivity index (χ4v) is 5.38. The molecular weight excluding hydrogens is 428 g/mol. The van der Waals surface area contributed by atoms with Crippen LogP contribution in [0.25, 0.3) is 0 Å². The molecule has 3 aromatic rings. The molecule has 0 spiro atoms. The van der Waals surface area contributed by atoms with E-state index in [1.807, 2.05) is 0 Å². The number of nitrogens with zero attached hydrogens (tertiary/aromatic N) is 2. The van der Waals surface area contributed by atoms with Gasteiger partial charge in [-0.25, -0.2) is 0 Å². The van der Waals surface area contributed by atoms with Crippen LogP contribution in [0.4, 0.5) is 5.69 Å². The van der Waals surface area contributed by atoms with Gasteiger partial charge >= 0.3 is 0 Å². The summed E-state index contributed by atoms with van der Waals surface area (Å²) in [5.74, 6) is 1.31. The van der Waals surface area contributed by atoms with Crippen molar-refractivity contribution < 1.29 is 4.79 Å². The van der Waals surface area contributed by atoms with Gasteiger partial charge in [0.15, 0.2) is 0 Å². The molecule has 3 nitrogen and oxygen atoms in total. The van der Waals surface area contributed by atoms with Crippen LogP contribution < -0.4 is 4.90 Å². The predicted molar refractivity (Wildman–Crippen MR) is 147 cm³/mol. The molecule has 1 aliphatic rings. The van der Waals surface area contributed by atoms with Gasteiger partial charge in [0.1, 0.15) is 0 Å². The summed E-state index contributed by atoms with van der Waals surface area (Å²) in [5, 5.41) is 0. The molecule has 0 aliphatic heterocycles. The minimum Gasteiger partial charge on any atom is -0.378 e. The average molecular weight is 469 g/mol. The first-order valence-electron chi connectivity index (χ1n) is 13.2. The van der Waals surface area contributed by atoms with Crippen molar-refractivity contribution in [1.29, 1.82) is 0 Å². The first-order chi connectivity index (χ1) is 17.1. The molecule has 35 heavy (non-hydrogen) atoms. The third-order valence-electron chi connectivity index (χ3n) is 7.51. The van der Waals surface area contributed by atoms with Crippen LogP contribution in [-0.4, -0.2) is 31.4 Å². The summed E-state index contributed by atoms with van der Waals surface area (Å²) in [6.45, 7) is 1.43. The van der Waals surface area contributed by atoms with E-state index >= 15 is 0 Å². The van der Waals surface area contributed by atoms with E-state index in [9.17, 15) is 4.79 Å². The fourth-order valence-electron chi connectivity index (χ4n) is 5.38. The van der Waals surface area contributed by atoms with Crippen LogP contribution >= 0.6 is 0 Å². The minimum atomic E-state index is 0.277. The van der Waals surface area contributed by atoms with Crippen LogP contribution in [0.1, 0.15) is 67.6 Å². The third kappa shape index (κ3) is 7.21. The maximum atomic E-state index is 13.5. The van der Waals surface area contributed by atoms with Gasteiger partial charge in [-0.3, -0.25) is 4.79 Å². The highest BCUT2D eigenvalue weighted by Crippen LogP contribution is 2.30. The summed E-state index contributed by atoms with van der Waals surface area (Å²) in [6, 6.07) is 30.1. The predicted octanol–water partition coefficient (Wildman–Crippen LogP) is 7.27. The molecule has 1 aliphatic carbocycles. The molecule has 0 saturated heterocycles. The average Bonchev–Trinajstić information content (AvgIpc) is 3.42. The molecule has 0 N–H and O–H groups in total. The molecule has 1 amide bonds. The Bertz CT molecular complexity index is 985. The van der Waals surface area contributed by atoms with Crippen molar-refractivity contribution in [3.8, 4) is 0 Å². The van der Waals surface area contributed by atoms with Gasteiger partial charge in [0.2, 0.25) is 5.91 Å². The van der Waals surface area contributed by atoms with Gasteiger partial charge in [-0.2, -0.15) is 0 Å². The molecule has 1 fully saturated rings. The van der Waals surface area contributed by atoms with Gasteiger partial charge in [-0.15, -0.1) is 0 Å². The van der Waals surface area contributed by atoms with Gasteiger partial charge < -0.3 is 9.80 Å². The number of hydrogen-bond donors (Lipinski definition) is 0. The topological polar surface area (TPSA) is 23.6 Å². The Hall–Kier alpha value is -3.07. The quantitative estimate of drug-likeness (QED) is 0.295. The molecule has 0 heterocycles. The Kier molecular flexibility index (Phi) is 9.00. The molecule has 0 unspecified atom stereocenters. The van der Waals surface area contributed by atoms with Crippen LogP contribution in [0.3, 0.4) is 0 Å². The maximum Gasteiger partial charge on any atom is 0.222 e. The Balaban J connectivity index is 1.50. The zero-order valence-corrected chi connectivity index (χ0v) is 21.4. The number of rotatable bonds is 11. The largest absolute Gasteiger partial charge is 0.378 e. The normalized spacial score (nSPS) is 13.8. The standard InChI is InChI=1S/C32H40N2O/c1-33(2)30-20-17-27(18-21-30)25-34(32(35)22-19-26-11-9-10-12-26)24-23-31(28-13-5-3-6-14-28)29-15-7-4-8-16-29/h3-8,13-18,20-21,26,31H,9-12,19,22-25H2,1-2H3. The van der Waals surface area contributed by atoms with E-state index in [0.29, 0.717) is 18.9 Å². The van der Waals surface area contributed by atoms with E-state index in [4.69, 9.17) is 0 Å².